The zero-order valence-corrected chi connectivity index (χ0v) is 14.4. The van der Waals surface area contributed by atoms with Crippen LogP contribution in [0.3, 0.4) is 0 Å². The number of aliphatic hydroxyl groups is 1. The topological polar surface area (TPSA) is 66.8 Å². The molecule has 2 aliphatic heterocycles. The third-order valence-corrected chi connectivity index (χ3v) is 4.82. The Morgan fingerprint density at radius 2 is 2.09 bits per heavy atom. The lowest BCUT2D eigenvalue weighted by atomic mass is 9.96. The Morgan fingerprint density at radius 3 is 2.65 bits per heavy atom. The van der Waals surface area contributed by atoms with Crippen LogP contribution in [0.4, 0.5) is 0 Å². The number of hydrogen-bond acceptors (Lipinski definition) is 4. The van der Waals surface area contributed by atoms with Gasteiger partial charge in [-0.3, -0.25) is 9.59 Å². The summed E-state index contributed by atoms with van der Waals surface area (Å²) in [5.74, 6) is -1.24. The van der Waals surface area contributed by atoms with Gasteiger partial charge in [0, 0.05) is 17.6 Å². The monoisotopic (exact) mass is 379 g/mol. The Labute approximate surface area is 143 Å². The highest BCUT2D eigenvalue weighted by Gasteiger charge is 2.43. The van der Waals surface area contributed by atoms with E-state index >= 15 is 0 Å². The number of ether oxygens (including phenoxy) is 1. The number of benzene rings is 1. The van der Waals surface area contributed by atoms with Crippen LogP contribution in [0.1, 0.15) is 31.4 Å². The molecule has 0 aliphatic carbocycles. The number of ketones is 1. The Balaban J connectivity index is 1.98. The molecule has 1 aromatic carbocycles. The lowest BCUT2D eigenvalue weighted by Crippen LogP contribution is -2.37. The number of amides is 1. The van der Waals surface area contributed by atoms with Crippen LogP contribution in [-0.4, -0.2) is 41.0 Å². The van der Waals surface area contributed by atoms with Crippen molar-refractivity contribution in [2.45, 2.75) is 31.9 Å². The van der Waals surface area contributed by atoms with Gasteiger partial charge in [0.1, 0.15) is 0 Å². The van der Waals surface area contributed by atoms with E-state index in [1.165, 1.54) is 6.92 Å². The van der Waals surface area contributed by atoms with E-state index in [9.17, 15) is 14.7 Å². The second kappa shape index (κ2) is 6.45. The van der Waals surface area contributed by atoms with E-state index in [2.05, 4.69) is 15.9 Å². The van der Waals surface area contributed by atoms with E-state index in [-0.39, 0.29) is 17.5 Å². The summed E-state index contributed by atoms with van der Waals surface area (Å²) in [5.41, 5.74) is 0.962. The second-order valence-corrected chi connectivity index (χ2v) is 6.78. The van der Waals surface area contributed by atoms with Gasteiger partial charge in [-0.25, -0.2) is 0 Å². The van der Waals surface area contributed by atoms with Crippen LogP contribution < -0.4 is 0 Å². The summed E-state index contributed by atoms with van der Waals surface area (Å²) in [4.78, 5) is 26.0. The number of aliphatic hydroxyl groups excluding tert-OH is 1. The number of hydrogen-bond donors (Lipinski definition) is 1. The van der Waals surface area contributed by atoms with Crippen LogP contribution in [-0.2, 0) is 14.3 Å². The predicted octanol–water partition coefficient (Wildman–Crippen LogP) is 2.91. The zero-order chi connectivity index (χ0) is 16.6. The molecule has 0 spiro atoms. The van der Waals surface area contributed by atoms with Gasteiger partial charge in [-0.15, -0.1) is 0 Å². The minimum absolute atomic E-state index is 0.0454. The highest BCUT2D eigenvalue weighted by Crippen LogP contribution is 2.38. The number of halogens is 1. The third-order valence-electron chi connectivity index (χ3n) is 4.29. The molecule has 3 rings (SSSR count). The fraction of sp³-hybridized carbons (Fsp3) is 0.412. The lowest BCUT2D eigenvalue weighted by molar-refractivity contribution is -0.131. The molecule has 2 unspecified atom stereocenters. The van der Waals surface area contributed by atoms with Gasteiger partial charge in [0.05, 0.1) is 17.7 Å². The molecule has 1 N–H and O–H groups in total. The van der Waals surface area contributed by atoms with Crippen molar-refractivity contribution in [2.75, 3.05) is 13.2 Å². The van der Waals surface area contributed by atoms with Gasteiger partial charge < -0.3 is 14.7 Å². The molecule has 0 radical (unpaired) electrons. The maximum atomic E-state index is 12.5. The third kappa shape index (κ3) is 3.05. The van der Waals surface area contributed by atoms with Crippen molar-refractivity contribution in [2.24, 2.45) is 0 Å². The largest absolute Gasteiger partial charge is 0.503 e. The van der Waals surface area contributed by atoms with Gasteiger partial charge in [-0.1, -0.05) is 28.1 Å². The molecular weight excluding hydrogens is 362 g/mol. The van der Waals surface area contributed by atoms with Crippen LogP contribution >= 0.6 is 15.9 Å². The molecule has 0 saturated carbocycles. The molecule has 1 saturated heterocycles. The molecule has 122 valence electrons. The highest BCUT2D eigenvalue weighted by atomic mass is 79.9. The zero-order valence-electron chi connectivity index (χ0n) is 12.8. The summed E-state index contributed by atoms with van der Waals surface area (Å²) in [7, 11) is 0. The molecule has 1 amide bonds. The first-order valence-corrected chi connectivity index (χ1v) is 8.40. The number of carbonyl (C=O) groups excluding carboxylic acids is 2. The maximum Gasteiger partial charge on any atom is 0.290 e. The standard InChI is InChI=1S/C17H18BrNO4/c1-10(20)14-15(11-4-6-12(18)7-5-11)19(17(22)16(14)21)9-13-3-2-8-23-13/h4-7,13,15,21H,2-3,8-9H2,1H3. The second-order valence-electron chi connectivity index (χ2n) is 5.87. The molecule has 2 aliphatic rings. The van der Waals surface area contributed by atoms with Crippen LogP contribution in [0.5, 0.6) is 0 Å². The smallest absolute Gasteiger partial charge is 0.290 e. The number of nitrogens with zero attached hydrogens (tertiary/aromatic N) is 1. The quantitative estimate of drug-likeness (QED) is 0.873. The van der Waals surface area contributed by atoms with Gasteiger partial charge in [-0.05, 0) is 37.5 Å². The first-order chi connectivity index (χ1) is 11.0. The summed E-state index contributed by atoms with van der Waals surface area (Å²) in [5, 5.41) is 10.2. The van der Waals surface area contributed by atoms with Crippen molar-refractivity contribution in [3.8, 4) is 0 Å². The molecular formula is C17H18BrNO4. The number of rotatable bonds is 4. The van der Waals surface area contributed by atoms with E-state index in [4.69, 9.17) is 4.74 Å². The summed E-state index contributed by atoms with van der Waals surface area (Å²) < 4.78 is 6.52. The van der Waals surface area contributed by atoms with Gasteiger partial charge >= 0.3 is 0 Å². The van der Waals surface area contributed by atoms with Gasteiger partial charge in [0.15, 0.2) is 11.5 Å². The Bertz CT molecular complexity index is 662. The average Bonchev–Trinajstić information content (AvgIpc) is 3.10. The summed E-state index contributed by atoms with van der Waals surface area (Å²) in [6, 6.07) is 6.87. The molecule has 2 atom stereocenters. The lowest BCUT2D eigenvalue weighted by Gasteiger charge is -2.28. The Kier molecular flexibility index (Phi) is 4.55. The summed E-state index contributed by atoms with van der Waals surface area (Å²) in [6.45, 7) is 2.44. The van der Waals surface area contributed by atoms with E-state index in [1.54, 1.807) is 4.90 Å². The van der Waals surface area contributed by atoms with Crippen molar-refractivity contribution in [1.82, 2.24) is 4.90 Å². The molecule has 0 bridgehead atoms. The maximum absolute atomic E-state index is 12.5. The van der Waals surface area contributed by atoms with Crippen LogP contribution in [0.15, 0.2) is 40.1 Å². The fourth-order valence-corrected chi connectivity index (χ4v) is 3.47. The number of Topliss-reactive ketones (excluding diaryl/α,β-unsaturated/α-hetero) is 1. The molecule has 2 heterocycles. The highest BCUT2D eigenvalue weighted by molar-refractivity contribution is 9.10. The molecule has 23 heavy (non-hydrogen) atoms. The van der Waals surface area contributed by atoms with E-state index in [0.29, 0.717) is 13.2 Å². The van der Waals surface area contributed by atoms with Crippen LogP contribution in [0.2, 0.25) is 0 Å². The van der Waals surface area contributed by atoms with E-state index in [1.807, 2.05) is 24.3 Å². The van der Waals surface area contributed by atoms with Crippen molar-refractivity contribution in [3.63, 3.8) is 0 Å². The Morgan fingerprint density at radius 1 is 1.39 bits per heavy atom. The average molecular weight is 380 g/mol. The van der Waals surface area contributed by atoms with Crippen LogP contribution in [0.25, 0.3) is 0 Å². The van der Waals surface area contributed by atoms with Crippen LogP contribution in [0, 0.1) is 0 Å². The molecule has 1 fully saturated rings. The first-order valence-electron chi connectivity index (χ1n) is 7.61. The van der Waals surface area contributed by atoms with Crippen molar-refractivity contribution in [1.29, 1.82) is 0 Å². The molecule has 6 heteroatoms. The normalized spacial score (nSPS) is 24.6. The minimum atomic E-state index is -0.558. The number of carbonyl (C=O) groups is 2. The molecule has 0 aromatic heterocycles. The molecule has 5 nitrogen and oxygen atoms in total. The van der Waals surface area contributed by atoms with Gasteiger partial charge in [-0.2, -0.15) is 0 Å². The van der Waals surface area contributed by atoms with E-state index < -0.39 is 17.7 Å². The summed E-state index contributed by atoms with van der Waals surface area (Å²) >= 11 is 3.38. The van der Waals surface area contributed by atoms with E-state index in [0.717, 1.165) is 22.9 Å². The van der Waals surface area contributed by atoms with Gasteiger partial charge in [0.2, 0.25) is 0 Å². The SMILES string of the molecule is CC(=O)C1=C(O)C(=O)N(CC2CCCO2)C1c1ccc(Br)cc1. The Hall–Kier alpha value is -1.66. The summed E-state index contributed by atoms with van der Waals surface area (Å²) in [6.07, 6.45) is 1.80. The van der Waals surface area contributed by atoms with Crippen molar-refractivity contribution < 1.29 is 19.4 Å². The molecule has 1 aromatic rings. The fourth-order valence-electron chi connectivity index (χ4n) is 3.20. The predicted molar refractivity (Wildman–Crippen MR) is 87.9 cm³/mol. The minimum Gasteiger partial charge on any atom is -0.503 e. The van der Waals surface area contributed by atoms with Crippen molar-refractivity contribution >= 4 is 27.6 Å². The van der Waals surface area contributed by atoms with Crippen molar-refractivity contribution in [3.05, 3.63) is 45.6 Å². The first kappa shape index (κ1) is 16.2. The van der Waals surface area contributed by atoms with Gasteiger partial charge in [0.25, 0.3) is 5.91 Å².